The lowest BCUT2D eigenvalue weighted by atomic mass is 10.1. The number of ketones is 1. The number of aryl methyl sites for hydroxylation is 1. The minimum atomic E-state index is -0.316. The summed E-state index contributed by atoms with van der Waals surface area (Å²) < 4.78 is 2.03. The zero-order valence-electron chi connectivity index (χ0n) is 12.0. The van der Waals surface area contributed by atoms with Gasteiger partial charge in [0.25, 0.3) is 0 Å². The van der Waals surface area contributed by atoms with Crippen LogP contribution in [0, 0.1) is 13.8 Å². The molecule has 1 rings (SSSR count). The molecule has 0 spiro atoms. The van der Waals surface area contributed by atoms with Crippen LogP contribution in [0.25, 0.3) is 0 Å². The van der Waals surface area contributed by atoms with Crippen molar-refractivity contribution in [3.05, 3.63) is 23.0 Å². The number of likely N-dealkylation sites (N-methyl/N-ethyl adjacent to an activating group) is 1. The monoisotopic (exact) mass is 252 g/mol. The average molecular weight is 252 g/mol. The van der Waals surface area contributed by atoms with E-state index in [1.165, 1.54) is 0 Å². The first-order valence-corrected chi connectivity index (χ1v) is 6.35. The van der Waals surface area contributed by atoms with Gasteiger partial charge in [0.2, 0.25) is 0 Å². The van der Waals surface area contributed by atoms with Crippen molar-refractivity contribution in [1.82, 2.24) is 9.47 Å². The molecule has 0 aliphatic heterocycles. The van der Waals surface area contributed by atoms with Gasteiger partial charge < -0.3 is 9.67 Å². The van der Waals surface area contributed by atoms with Gasteiger partial charge >= 0.3 is 0 Å². The second kappa shape index (κ2) is 6.16. The zero-order chi connectivity index (χ0) is 13.9. The molecule has 1 atom stereocenters. The normalized spacial score (nSPS) is 13.1. The van der Waals surface area contributed by atoms with E-state index in [4.69, 9.17) is 0 Å². The largest absolute Gasteiger partial charge is 0.393 e. The Morgan fingerprint density at radius 1 is 1.50 bits per heavy atom. The number of aromatic nitrogens is 1. The first-order chi connectivity index (χ1) is 8.32. The zero-order valence-corrected chi connectivity index (χ0v) is 12.0. The SMILES string of the molecule is Cc1cc(C(=O)CN(C)CCC(C)O)c(C)n1C. The summed E-state index contributed by atoms with van der Waals surface area (Å²) in [5.41, 5.74) is 2.92. The number of carbonyl (C=O) groups is 1. The molecule has 1 unspecified atom stereocenters. The number of hydrogen-bond acceptors (Lipinski definition) is 3. The predicted molar refractivity (Wildman–Crippen MR) is 73.0 cm³/mol. The number of aliphatic hydroxyl groups is 1. The quantitative estimate of drug-likeness (QED) is 0.781. The molecular weight excluding hydrogens is 228 g/mol. The summed E-state index contributed by atoms with van der Waals surface area (Å²) in [6.45, 7) is 6.86. The van der Waals surface area contributed by atoms with Gasteiger partial charge in [0.1, 0.15) is 0 Å². The van der Waals surface area contributed by atoms with Gasteiger partial charge in [0, 0.05) is 30.5 Å². The Kier molecular flexibility index (Phi) is 5.11. The topological polar surface area (TPSA) is 45.5 Å². The van der Waals surface area contributed by atoms with Crippen LogP contribution in [0.5, 0.6) is 0 Å². The summed E-state index contributed by atoms with van der Waals surface area (Å²) >= 11 is 0. The Bertz CT molecular complexity index is 422. The van der Waals surface area contributed by atoms with Crippen LogP contribution in [0.2, 0.25) is 0 Å². The highest BCUT2D eigenvalue weighted by molar-refractivity contribution is 5.98. The Morgan fingerprint density at radius 3 is 2.56 bits per heavy atom. The maximum atomic E-state index is 12.2. The maximum Gasteiger partial charge on any atom is 0.178 e. The van der Waals surface area contributed by atoms with E-state index >= 15 is 0 Å². The molecule has 0 aliphatic carbocycles. The van der Waals surface area contributed by atoms with Crippen LogP contribution in [0.3, 0.4) is 0 Å². The Hall–Kier alpha value is -1.13. The highest BCUT2D eigenvalue weighted by atomic mass is 16.3. The van der Waals surface area contributed by atoms with E-state index in [0.717, 1.165) is 23.5 Å². The molecule has 0 saturated carbocycles. The molecule has 0 bridgehead atoms. The van der Waals surface area contributed by atoms with E-state index in [9.17, 15) is 9.90 Å². The van der Waals surface area contributed by atoms with Crippen LogP contribution in [-0.4, -0.2) is 46.6 Å². The Morgan fingerprint density at radius 2 is 2.11 bits per heavy atom. The lowest BCUT2D eigenvalue weighted by Gasteiger charge is -2.16. The van der Waals surface area contributed by atoms with E-state index in [2.05, 4.69) is 0 Å². The van der Waals surface area contributed by atoms with Crippen molar-refractivity contribution < 1.29 is 9.90 Å². The molecule has 0 aliphatic rings. The van der Waals surface area contributed by atoms with Gasteiger partial charge in [0.05, 0.1) is 12.6 Å². The van der Waals surface area contributed by atoms with Gasteiger partial charge in [-0.3, -0.25) is 9.69 Å². The van der Waals surface area contributed by atoms with E-state index in [1.54, 1.807) is 6.92 Å². The average Bonchev–Trinajstić information content (AvgIpc) is 2.54. The molecule has 18 heavy (non-hydrogen) atoms. The van der Waals surface area contributed by atoms with Crippen molar-refractivity contribution in [2.45, 2.75) is 33.3 Å². The van der Waals surface area contributed by atoms with Crippen molar-refractivity contribution in [1.29, 1.82) is 0 Å². The lowest BCUT2D eigenvalue weighted by molar-refractivity contribution is 0.0931. The Balaban J connectivity index is 2.62. The first kappa shape index (κ1) is 14.9. The van der Waals surface area contributed by atoms with Crippen LogP contribution in [-0.2, 0) is 7.05 Å². The van der Waals surface area contributed by atoms with Gasteiger partial charge in [-0.25, -0.2) is 0 Å². The van der Waals surface area contributed by atoms with Crippen LogP contribution < -0.4 is 0 Å². The number of carbonyl (C=O) groups excluding carboxylic acids is 1. The molecule has 0 amide bonds. The van der Waals surface area contributed by atoms with E-state index in [1.807, 2.05) is 43.5 Å². The maximum absolute atomic E-state index is 12.2. The molecule has 4 heteroatoms. The number of hydrogen-bond donors (Lipinski definition) is 1. The van der Waals surface area contributed by atoms with Crippen LogP contribution in [0.1, 0.15) is 35.1 Å². The highest BCUT2D eigenvalue weighted by Crippen LogP contribution is 2.14. The standard InChI is InChI=1S/C14H24N2O2/c1-10-8-13(12(3)16(10)5)14(18)9-15(4)7-6-11(2)17/h8,11,17H,6-7,9H2,1-5H3. The summed E-state index contributed by atoms with van der Waals surface area (Å²) in [5.74, 6) is 0.143. The molecule has 0 radical (unpaired) electrons. The van der Waals surface area contributed by atoms with Gasteiger partial charge in [0.15, 0.2) is 5.78 Å². The van der Waals surface area contributed by atoms with Gasteiger partial charge in [-0.1, -0.05) is 0 Å². The summed E-state index contributed by atoms with van der Waals surface area (Å²) in [6.07, 6.45) is 0.375. The second-order valence-electron chi connectivity index (χ2n) is 5.14. The fourth-order valence-corrected chi connectivity index (χ4v) is 1.95. The molecule has 0 saturated heterocycles. The number of aliphatic hydroxyl groups excluding tert-OH is 1. The summed E-state index contributed by atoms with van der Waals surface area (Å²) in [5, 5.41) is 9.22. The van der Waals surface area contributed by atoms with Crippen molar-refractivity contribution in [2.75, 3.05) is 20.1 Å². The molecule has 0 aromatic carbocycles. The van der Waals surface area contributed by atoms with Crippen molar-refractivity contribution in [2.24, 2.45) is 7.05 Å². The molecule has 1 aromatic heterocycles. The van der Waals surface area contributed by atoms with Crippen LogP contribution >= 0.6 is 0 Å². The smallest absolute Gasteiger partial charge is 0.178 e. The fraction of sp³-hybridized carbons (Fsp3) is 0.643. The van der Waals surface area contributed by atoms with Gasteiger partial charge in [-0.15, -0.1) is 0 Å². The van der Waals surface area contributed by atoms with Crippen molar-refractivity contribution in [3.63, 3.8) is 0 Å². The van der Waals surface area contributed by atoms with Gasteiger partial charge in [-0.2, -0.15) is 0 Å². The molecule has 1 heterocycles. The van der Waals surface area contributed by atoms with Crippen molar-refractivity contribution >= 4 is 5.78 Å². The van der Waals surface area contributed by atoms with Crippen LogP contribution in [0.15, 0.2) is 6.07 Å². The fourth-order valence-electron chi connectivity index (χ4n) is 1.95. The molecule has 4 nitrogen and oxygen atoms in total. The number of rotatable bonds is 6. The number of nitrogens with zero attached hydrogens (tertiary/aromatic N) is 2. The predicted octanol–water partition coefficient (Wildman–Crippen LogP) is 1.53. The first-order valence-electron chi connectivity index (χ1n) is 6.35. The van der Waals surface area contributed by atoms with E-state index < -0.39 is 0 Å². The molecule has 1 N–H and O–H groups in total. The summed E-state index contributed by atoms with van der Waals surface area (Å²) in [4.78, 5) is 14.1. The minimum absolute atomic E-state index is 0.143. The molecule has 1 aromatic rings. The summed E-state index contributed by atoms with van der Waals surface area (Å²) in [6, 6.07) is 1.94. The second-order valence-corrected chi connectivity index (χ2v) is 5.14. The number of Topliss-reactive ketones (excluding diaryl/α,β-unsaturated/α-hetero) is 1. The third-order valence-corrected chi connectivity index (χ3v) is 3.42. The lowest BCUT2D eigenvalue weighted by Crippen LogP contribution is -2.28. The minimum Gasteiger partial charge on any atom is -0.393 e. The van der Waals surface area contributed by atoms with Crippen LogP contribution in [0.4, 0.5) is 0 Å². The Labute approximate surface area is 109 Å². The highest BCUT2D eigenvalue weighted by Gasteiger charge is 2.15. The van der Waals surface area contributed by atoms with E-state index in [0.29, 0.717) is 13.0 Å². The molecule has 0 fully saturated rings. The third-order valence-electron chi connectivity index (χ3n) is 3.42. The summed E-state index contributed by atoms with van der Waals surface area (Å²) in [7, 11) is 3.88. The van der Waals surface area contributed by atoms with E-state index in [-0.39, 0.29) is 11.9 Å². The molecule has 102 valence electrons. The third kappa shape index (κ3) is 3.68. The molecular formula is C14H24N2O2. The van der Waals surface area contributed by atoms with Crippen molar-refractivity contribution in [3.8, 4) is 0 Å². The van der Waals surface area contributed by atoms with Gasteiger partial charge in [-0.05, 0) is 40.3 Å².